The van der Waals surface area contributed by atoms with Crippen LogP contribution in [0.2, 0.25) is 0 Å². The minimum Gasteiger partial charge on any atom is -0.452 e. The first-order chi connectivity index (χ1) is 14.4. The SMILES string of the molecule is CC(C)OCc1ccc(C(=O)OCC(=O)N2CCN(c3ccccc3F)CC2)cc1. The molecule has 0 N–H and O–H groups in total. The van der Waals surface area contributed by atoms with Gasteiger partial charge in [-0.1, -0.05) is 24.3 Å². The average molecular weight is 414 g/mol. The fraction of sp³-hybridized carbons (Fsp3) is 0.391. The van der Waals surface area contributed by atoms with Gasteiger partial charge in [0.1, 0.15) is 5.82 Å². The lowest BCUT2D eigenvalue weighted by Gasteiger charge is -2.36. The third kappa shape index (κ3) is 5.79. The molecule has 3 rings (SSSR count). The molecule has 1 heterocycles. The molecule has 0 radical (unpaired) electrons. The summed E-state index contributed by atoms with van der Waals surface area (Å²) in [5.41, 5.74) is 1.89. The number of para-hydroxylation sites is 1. The van der Waals surface area contributed by atoms with E-state index in [9.17, 15) is 14.0 Å². The maximum Gasteiger partial charge on any atom is 0.338 e. The van der Waals surface area contributed by atoms with Crippen LogP contribution in [0.25, 0.3) is 0 Å². The number of rotatable bonds is 7. The van der Waals surface area contributed by atoms with E-state index in [1.165, 1.54) is 6.07 Å². The van der Waals surface area contributed by atoms with Crippen molar-refractivity contribution < 1.29 is 23.5 Å². The second-order valence-electron chi connectivity index (χ2n) is 7.45. The van der Waals surface area contributed by atoms with Crippen molar-refractivity contribution in [1.29, 1.82) is 0 Å². The zero-order valence-electron chi connectivity index (χ0n) is 17.3. The molecule has 1 fully saturated rings. The van der Waals surface area contributed by atoms with Crippen LogP contribution in [0.4, 0.5) is 10.1 Å². The van der Waals surface area contributed by atoms with Crippen LogP contribution in [-0.4, -0.2) is 55.7 Å². The highest BCUT2D eigenvalue weighted by Crippen LogP contribution is 2.20. The van der Waals surface area contributed by atoms with Gasteiger partial charge in [0, 0.05) is 26.2 Å². The number of hydrogen-bond donors (Lipinski definition) is 0. The van der Waals surface area contributed by atoms with Gasteiger partial charge < -0.3 is 19.3 Å². The number of amides is 1. The number of carbonyl (C=O) groups is 2. The zero-order chi connectivity index (χ0) is 21.5. The minimum atomic E-state index is -0.537. The Morgan fingerprint density at radius 1 is 1.00 bits per heavy atom. The predicted molar refractivity (Wildman–Crippen MR) is 112 cm³/mol. The summed E-state index contributed by atoms with van der Waals surface area (Å²) >= 11 is 0. The van der Waals surface area contributed by atoms with Crippen LogP contribution in [0.3, 0.4) is 0 Å². The molecule has 0 atom stereocenters. The first-order valence-corrected chi connectivity index (χ1v) is 10.1. The van der Waals surface area contributed by atoms with Crippen LogP contribution in [0.15, 0.2) is 48.5 Å². The molecule has 7 heteroatoms. The molecule has 1 saturated heterocycles. The van der Waals surface area contributed by atoms with Gasteiger partial charge in [0.15, 0.2) is 6.61 Å². The molecule has 2 aromatic carbocycles. The van der Waals surface area contributed by atoms with Gasteiger partial charge in [-0.25, -0.2) is 9.18 Å². The van der Waals surface area contributed by atoms with Crippen LogP contribution >= 0.6 is 0 Å². The van der Waals surface area contributed by atoms with Crippen molar-refractivity contribution in [2.45, 2.75) is 26.6 Å². The summed E-state index contributed by atoms with van der Waals surface area (Å²) < 4.78 is 24.6. The van der Waals surface area contributed by atoms with Crippen molar-refractivity contribution in [2.24, 2.45) is 0 Å². The van der Waals surface area contributed by atoms with Crippen LogP contribution in [0, 0.1) is 5.82 Å². The monoisotopic (exact) mass is 414 g/mol. The summed E-state index contributed by atoms with van der Waals surface area (Å²) in [5.74, 6) is -1.06. The normalized spacial score (nSPS) is 14.1. The molecule has 30 heavy (non-hydrogen) atoms. The summed E-state index contributed by atoms with van der Waals surface area (Å²) in [5, 5.41) is 0. The van der Waals surface area contributed by atoms with Gasteiger partial charge >= 0.3 is 5.97 Å². The summed E-state index contributed by atoms with van der Waals surface area (Å²) in [6.45, 7) is 6.05. The van der Waals surface area contributed by atoms with E-state index in [0.29, 0.717) is 44.0 Å². The van der Waals surface area contributed by atoms with Gasteiger partial charge in [0.2, 0.25) is 0 Å². The molecule has 1 aliphatic heterocycles. The Bertz CT molecular complexity index is 862. The number of hydrogen-bond acceptors (Lipinski definition) is 5. The Kier molecular flexibility index (Phi) is 7.41. The number of piperazine rings is 1. The number of carbonyl (C=O) groups excluding carboxylic acids is 2. The van der Waals surface area contributed by atoms with Gasteiger partial charge in [0.05, 0.1) is 24.0 Å². The molecule has 0 spiro atoms. The minimum absolute atomic E-state index is 0.134. The largest absolute Gasteiger partial charge is 0.452 e. The van der Waals surface area contributed by atoms with Crippen molar-refractivity contribution in [1.82, 2.24) is 4.90 Å². The molecule has 1 aliphatic rings. The quantitative estimate of drug-likeness (QED) is 0.651. The zero-order valence-corrected chi connectivity index (χ0v) is 17.3. The van der Waals surface area contributed by atoms with Crippen LogP contribution in [-0.2, 0) is 20.9 Å². The summed E-state index contributed by atoms with van der Waals surface area (Å²) in [6.07, 6.45) is 0.134. The van der Waals surface area contributed by atoms with E-state index in [1.807, 2.05) is 30.9 Å². The highest BCUT2D eigenvalue weighted by molar-refractivity contribution is 5.91. The van der Waals surface area contributed by atoms with Crippen molar-refractivity contribution in [3.8, 4) is 0 Å². The lowest BCUT2D eigenvalue weighted by Crippen LogP contribution is -2.50. The molecule has 6 nitrogen and oxygen atoms in total. The van der Waals surface area contributed by atoms with E-state index in [4.69, 9.17) is 9.47 Å². The standard InChI is InChI=1S/C23H27FN2O4/c1-17(2)29-15-18-7-9-19(10-8-18)23(28)30-16-22(27)26-13-11-25(12-14-26)21-6-4-3-5-20(21)24/h3-10,17H,11-16H2,1-2H3. The highest BCUT2D eigenvalue weighted by Gasteiger charge is 2.23. The van der Waals surface area contributed by atoms with E-state index >= 15 is 0 Å². The number of nitrogens with zero attached hydrogens (tertiary/aromatic N) is 2. The Balaban J connectivity index is 1.44. The van der Waals surface area contributed by atoms with Crippen LogP contribution < -0.4 is 4.90 Å². The van der Waals surface area contributed by atoms with E-state index < -0.39 is 5.97 Å². The van der Waals surface area contributed by atoms with Gasteiger partial charge in [-0.15, -0.1) is 0 Å². The number of benzene rings is 2. The van der Waals surface area contributed by atoms with Crippen molar-refractivity contribution in [3.05, 3.63) is 65.5 Å². The summed E-state index contributed by atoms with van der Waals surface area (Å²) in [7, 11) is 0. The Labute approximate surface area is 176 Å². The predicted octanol–water partition coefficient (Wildman–Crippen LogP) is 3.26. The second kappa shape index (κ2) is 10.2. The van der Waals surface area contributed by atoms with Crippen molar-refractivity contribution in [3.63, 3.8) is 0 Å². The second-order valence-corrected chi connectivity index (χ2v) is 7.45. The molecule has 0 unspecified atom stereocenters. The fourth-order valence-corrected chi connectivity index (χ4v) is 3.21. The first-order valence-electron chi connectivity index (χ1n) is 10.1. The van der Waals surface area contributed by atoms with Gasteiger partial charge in [-0.05, 0) is 43.7 Å². The molecule has 0 aromatic heterocycles. The van der Waals surface area contributed by atoms with E-state index in [-0.39, 0.29) is 24.4 Å². The van der Waals surface area contributed by atoms with Crippen LogP contribution in [0.5, 0.6) is 0 Å². The van der Waals surface area contributed by atoms with Crippen LogP contribution in [0.1, 0.15) is 29.8 Å². The van der Waals surface area contributed by atoms with Crippen molar-refractivity contribution >= 4 is 17.6 Å². The molecule has 2 aromatic rings. The number of esters is 1. The fourth-order valence-electron chi connectivity index (χ4n) is 3.21. The van der Waals surface area contributed by atoms with Crippen molar-refractivity contribution in [2.75, 3.05) is 37.7 Å². The van der Waals surface area contributed by atoms with E-state index in [1.54, 1.807) is 35.2 Å². The van der Waals surface area contributed by atoms with Gasteiger partial charge in [0.25, 0.3) is 5.91 Å². The number of halogens is 1. The lowest BCUT2D eigenvalue weighted by molar-refractivity contribution is -0.134. The molecule has 0 saturated carbocycles. The smallest absolute Gasteiger partial charge is 0.338 e. The topological polar surface area (TPSA) is 59.1 Å². The molecular formula is C23H27FN2O4. The Morgan fingerprint density at radius 2 is 1.67 bits per heavy atom. The number of ether oxygens (including phenoxy) is 2. The Hall–Kier alpha value is -2.93. The maximum atomic E-state index is 13.9. The summed E-state index contributed by atoms with van der Waals surface area (Å²) in [6, 6.07) is 13.5. The lowest BCUT2D eigenvalue weighted by atomic mass is 10.1. The van der Waals surface area contributed by atoms with E-state index in [0.717, 1.165) is 5.56 Å². The maximum absolute atomic E-state index is 13.9. The first kappa shape index (κ1) is 21.8. The molecule has 0 aliphatic carbocycles. The molecular weight excluding hydrogens is 387 g/mol. The Morgan fingerprint density at radius 3 is 2.30 bits per heavy atom. The third-order valence-electron chi connectivity index (χ3n) is 4.93. The molecule has 1 amide bonds. The highest BCUT2D eigenvalue weighted by atomic mass is 19.1. The number of anilines is 1. The molecule has 0 bridgehead atoms. The average Bonchev–Trinajstić information content (AvgIpc) is 2.76. The summed E-state index contributed by atoms with van der Waals surface area (Å²) in [4.78, 5) is 28.1. The molecule has 160 valence electrons. The third-order valence-corrected chi connectivity index (χ3v) is 4.93. The van der Waals surface area contributed by atoms with Gasteiger partial charge in [-0.2, -0.15) is 0 Å². The van der Waals surface area contributed by atoms with Gasteiger partial charge in [-0.3, -0.25) is 4.79 Å². The van der Waals surface area contributed by atoms with E-state index in [2.05, 4.69) is 0 Å².